The number of carbonyl (C=O) groups excluding carboxylic acids is 1. The molecule has 0 saturated carbocycles. The Labute approximate surface area is 87.8 Å². The quantitative estimate of drug-likeness (QED) is 0.735. The molecule has 2 heterocycles. The molecule has 1 aromatic heterocycles. The van der Waals surface area contributed by atoms with Gasteiger partial charge in [-0.2, -0.15) is 4.98 Å². The SMILES string of the molecule is CC(C)c1noc(C2COCCC2=O)n1. The molecular formula is C10H14N2O3. The summed E-state index contributed by atoms with van der Waals surface area (Å²) in [5.41, 5.74) is 0. The third-order valence-electron chi connectivity index (χ3n) is 2.44. The first-order valence-electron chi connectivity index (χ1n) is 5.12. The van der Waals surface area contributed by atoms with Crippen LogP contribution in [0.3, 0.4) is 0 Å². The van der Waals surface area contributed by atoms with Crippen LogP contribution in [0.5, 0.6) is 0 Å². The van der Waals surface area contributed by atoms with E-state index < -0.39 is 0 Å². The maximum Gasteiger partial charge on any atom is 0.239 e. The molecule has 0 N–H and O–H groups in total. The van der Waals surface area contributed by atoms with Crippen molar-refractivity contribution in [1.82, 2.24) is 10.1 Å². The lowest BCUT2D eigenvalue weighted by atomic mass is 10.0. The molecule has 15 heavy (non-hydrogen) atoms. The first-order chi connectivity index (χ1) is 7.18. The number of nitrogens with zero attached hydrogens (tertiary/aromatic N) is 2. The highest BCUT2D eigenvalue weighted by Crippen LogP contribution is 2.22. The van der Waals surface area contributed by atoms with Crippen molar-refractivity contribution in [2.75, 3.05) is 13.2 Å². The molecule has 0 aliphatic carbocycles. The van der Waals surface area contributed by atoms with E-state index in [9.17, 15) is 4.79 Å². The molecule has 0 radical (unpaired) electrons. The second-order valence-corrected chi connectivity index (χ2v) is 3.99. The third kappa shape index (κ3) is 2.07. The Morgan fingerprint density at radius 3 is 2.87 bits per heavy atom. The van der Waals surface area contributed by atoms with Crippen molar-refractivity contribution in [3.63, 3.8) is 0 Å². The zero-order chi connectivity index (χ0) is 10.8. The van der Waals surface area contributed by atoms with Gasteiger partial charge in [-0.05, 0) is 0 Å². The minimum atomic E-state index is -0.362. The molecule has 82 valence electrons. The number of rotatable bonds is 2. The number of Topliss-reactive ketones (excluding diaryl/α,β-unsaturated/α-hetero) is 1. The summed E-state index contributed by atoms with van der Waals surface area (Å²) in [6.07, 6.45) is 0.435. The van der Waals surface area contributed by atoms with Gasteiger partial charge in [0.2, 0.25) is 5.89 Å². The van der Waals surface area contributed by atoms with E-state index in [0.717, 1.165) is 0 Å². The predicted molar refractivity (Wildman–Crippen MR) is 51.6 cm³/mol. The zero-order valence-electron chi connectivity index (χ0n) is 8.90. The lowest BCUT2D eigenvalue weighted by Gasteiger charge is -2.17. The average molecular weight is 210 g/mol. The fraction of sp³-hybridized carbons (Fsp3) is 0.700. The molecule has 0 bridgehead atoms. The van der Waals surface area contributed by atoms with Crippen LogP contribution in [0.25, 0.3) is 0 Å². The predicted octanol–water partition coefficient (Wildman–Crippen LogP) is 1.27. The summed E-state index contributed by atoms with van der Waals surface area (Å²) >= 11 is 0. The summed E-state index contributed by atoms with van der Waals surface area (Å²) in [7, 11) is 0. The summed E-state index contributed by atoms with van der Waals surface area (Å²) < 4.78 is 10.3. The van der Waals surface area contributed by atoms with Crippen molar-refractivity contribution in [3.8, 4) is 0 Å². The van der Waals surface area contributed by atoms with Gasteiger partial charge in [-0.15, -0.1) is 0 Å². The molecule has 0 spiro atoms. The molecule has 5 nitrogen and oxygen atoms in total. The highest BCUT2D eigenvalue weighted by molar-refractivity contribution is 5.85. The smallest absolute Gasteiger partial charge is 0.239 e. The van der Waals surface area contributed by atoms with Crippen molar-refractivity contribution in [2.24, 2.45) is 0 Å². The van der Waals surface area contributed by atoms with Crippen molar-refractivity contribution in [1.29, 1.82) is 0 Å². The Hall–Kier alpha value is -1.23. The first-order valence-corrected chi connectivity index (χ1v) is 5.12. The molecule has 1 aliphatic rings. The van der Waals surface area contributed by atoms with Gasteiger partial charge in [0.05, 0.1) is 13.2 Å². The first kappa shape index (κ1) is 10.3. The monoisotopic (exact) mass is 210 g/mol. The van der Waals surface area contributed by atoms with Crippen LogP contribution in [0, 0.1) is 0 Å². The number of carbonyl (C=O) groups is 1. The van der Waals surface area contributed by atoms with E-state index in [2.05, 4.69) is 10.1 Å². The van der Waals surface area contributed by atoms with Crippen LogP contribution in [-0.4, -0.2) is 29.1 Å². The van der Waals surface area contributed by atoms with E-state index >= 15 is 0 Å². The minimum absolute atomic E-state index is 0.125. The highest BCUT2D eigenvalue weighted by Gasteiger charge is 2.29. The fourth-order valence-electron chi connectivity index (χ4n) is 1.47. The van der Waals surface area contributed by atoms with Gasteiger partial charge in [-0.1, -0.05) is 19.0 Å². The van der Waals surface area contributed by atoms with Crippen LogP contribution >= 0.6 is 0 Å². The molecule has 1 atom stereocenters. The van der Waals surface area contributed by atoms with Crippen LogP contribution < -0.4 is 0 Å². The number of ether oxygens (including phenoxy) is 1. The van der Waals surface area contributed by atoms with E-state index in [4.69, 9.17) is 9.26 Å². The van der Waals surface area contributed by atoms with Crippen LogP contribution in [-0.2, 0) is 9.53 Å². The lowest BCUT2D eigenvalue weighted by Crippen LogP contribution is -2.25. The van der Waals surface area contributed by atoms with Gasteiger partial charge in [0.25, 0.3) is 0 Å². The number of hydrogen-bond acceptors (Lipinski definition) is 5. The number of hydrogen-bond donors (Lipinski definition) is 0. The normalized spacial score (nSPS) is 22.3. The van der Waals surface area contributed by atoms with Crippen molar-refractivity contribution >= 4 is 5.78 Å². The topological polar surface area (TPSA) is 65.2 Å². The molecule has 0 aromatic carbocycles. The van der Waals surface area contributed by atoms with Crippen molar-refractivity contribution in [2.45, 2.75) is 32.1 Å². The summed E-state index contributed by atoms with van der Waals surface area (Å²) in [5, 5.41) is 3.83. The Morgan fingerprint density at radius 2 is 2.27 bits per heavy atom. The van der Waals surface area contributed by atoms with Crippen LogP contribution in [0.4, 0.5) is 0 Å². The molecule has 1 saturated heterocycles. The third-order valence-corrected chi connectivity index (χ3v) is 2.44. The van der Waals surface area contributed by atoms with Crippen molar-refractivity contribution in [3.05, 3.63) is 11.7 Å². The molecular weight excluding hydrogens is 196 g/mol. The van der Waals surface area contributed by atoms with E-state index in [0.29, 0.717) is 31.3 Å². The number of aromatic nitrogens is 2. The molecule has 1 fully saturated rings. The van der Waals surface area contributed by atoms with Gasteiger partial charge < -0.3 is 9.26 Å². The van der Waals surface area contributed by atoms with Gasteiger partial charge in [0.15, 0.2) is 5.82 Å². The Bertz CT molecular complexity index is 359. The molecule has 2 rings (SSSR count). The van der Waals surface area contributed by atoms with E-state index in [-0.39, 0.29) is 17.6 Å². The standard InChI is InChI=1S/C10H14N2O3/c1-6(2)9-11-10(15-12-9)7-5-14-4-3-8(7)13/h6-7H,3-5H2,1-2H3. The fourth-order valence-corrected chi connectivity index (χ4v) is 1.47. The molecule has 1 aliphatic heterocycles. The van der Waals surface area contributed by atoms with Crippen LogP contribution in [0.2, 0.25) is 0 Å². The van der Waals surface area contributed by atoms with Gasteiger partial charge in [-0.25, -0.2) is 0 Å². The summed E-state index contributed by atoms with van der Waals surface area (Å²) in [6, 6.07) is 0. The molecule has 1 aromatic rings. The minimum Gasteiger partial charge on any atom is -0.380 e. The second kappa shape index (κ2) is 4.10. The maximum absolute atomic E-state index is 11.6. The molecule has 0 amide bonds. The largest absolute Gasteiger partial charge is 0.380 e. The zero-order valence-corrected chi connectivity index (χ0v) is 8.90. The Kier molecular flexibility index (Phi) is 2.81. The molecule has 1 unspecified atom stereocenters. The van der Waals surface area contributed by atoms with Gasteiger partial charge >= 0.3 is 0 Å². The summed E-state index contributed by atoms with van der Waals surface area (Å²) in [6.45, 7) is 4.82. The lowest BCUT2D eigenvalue weighted by molar-refractivity contribution is -0.127. The Morgan fingerprint density at radius 1 is 1.47 bits per heavy atom. The Balaban J connectivity index is 2.17. The van der Waals surface area contributed by atoms with Crippen LogP contribution in [0.1, 0.15) is 43.8 Å². The van der Waals surface area contributed by atoms with E-state index in [1.165, 1.54) is 0 Å². The summed E-state index contributed by atoms with van der Waals surface area (Å²) in [4.78, 5) is 15.8. The van der Waals surface area contributed by atoms with E-state index in [1.54, 1.807) is 0 Å². The van der Waals surface area contributed by atoms with Crippen molar-refractivity contribution < 1.29 is 14.1 Å². The van der Waals surface area contributed by atoms with Crippen LogP contribution in [0.15, 0.2) is 4.52 Å². The van der Waals surface area contributed by atoms with Gasteiger partial charge in [0.1, 0.15) is 11.7 Å². The summed E-state index contributed by atoms with van der Waals surface area (Å²) in [5.74, 6) is 1.01. The molecule has 5 heteroatoms. The number of ketones is 1. The van der Waals surface area contributed by atoms with Gasteiger partial charge in [0, 0.05) is 12.3 Å². The second-order valence-electron chi connectivity index (χ2n) is 3.99. The highest BCUT2D eigenvalue weighted by atomic mass is 16.5. The average Bonchev–Trinajstić information content (AvgIpc) is 2.67. The van der Waals surface area contributed by atoms with E-state index in [1.807, 2.05) is 13.8 Å². The van der Waals surface area contributed by atoms with Gasteiger partial charge in [-0.3, -0.25) is 4.79 Å². The maximum atomic E-state index is 11.6.